The SMILES string of the molecule is CCOc1cc2c(cc1Cc1cccc(Cl)c1F)c(=O)c(C(=O)O)cn2C(CO)C1CCCCC1. The van der Waals surface area contributed by atoms with Crippen molar-refractivity contribution in [1.29, 1.82) is 0 Å². The predicted molar refractivity (Wildman–Crippen MR) is 133 cm³/mol. The first-order valence-corrected chi connectivity index (χ1v) is 12.3. The number of pyridine rings is 1. The van der Waals surface area contributed by atoms with Crippen LogP contribution in [-0.4, -0.2) is 34.0 Å². The summed E-state index contributed by atoms with van der Waals surface area (Å²) in [5.41, 5.74) is 0.382. The first-order valence-electron chi connectivity index (χ1n) is 12.0. The van der Waals surface area contributed by atoms with Crippen LogP contribution in [0.25, 0.3) is 10.9 Å². The minimum Gasteiger partial charge on any atom is -0.494 e. The lowest BCUT2D eigenvalue weighted by Gasteiger charge is -2.32. The normalized spacial score (nSPS) is 15.3. The Kier molecular flexibility index (Phi) is 7.77. The van der Waals surface area contributed by atoms with E-state index in [-0.39, 0.29) is 41.0 Å². The van der Waals surface area contributed by atoms with Gasteiger partial charge in [-0.1, -0.05) is 43.0 Å². The Morgan fingerprint density at radius 2 is 1.97 bits per heavy atom. The fourth-order valence-corrected chi connectivity index (χ4v) is 5.34. The fourth-order valence-electron chi connectivity index (χ4n) is 5.15. The van der Waals surface area contributed by atoms with Crippen LogP contribution >= 0.6 is 11.6 Å². The van der Waals surface area contributed by atoms with Crippen LogP contribution in [0.4, 0.5) is 4.39 Å². The average Bonchev–Trinajstić information content (AvgIpc) is 2.85. The van der Waals surface area contributed by atoms with Gasteiger partial charge in [-0.25, -0.2) is 9.18 Å². The van der Waals surface area contributed by atoms with E-state index >= 15 is 0 Å². The topological polar surface area (TPSA) is 88.8 Å². The van der Waals surface area contributed by atoms with Gasteiger partial charge in [0.15, 0.2) is 0 Å². The summed E-state index contributed by atoms with van der Waals surface area (Å²) in [5.74, 6) is -1.25. The van der Waals surface area contributed by atoms with Crippen LogP contribution in [0.5, 0.6) is 5.75 Å². The number of aromatic carboxylic acids is 1. The molecule has 35 heavy (non-hydrogen) atoms. The van der Waals surface area contributed by atoms with Crippen molar-refractivity contribution in [2.75, 3.05) is 13.2 Å². The molecule has 0 spiro atoms. The van der Waals surface area contributed by atoms with E-state index in [1.807, 2.05) is 6.92 Å². The summed E-state index contributed by atoms with van der Waals surface area (Å²) in [7, 11) is 0. The molecule has 0 bridgehead atoms. The molecule has 1 aliphatic carbocycles. The van der Waals surface area contributed by atoms with Crippen molar-refractivity contribution in [3.63, 3.8) is 0 Å². The number of halogens is 2. The standard InChI is InChI=1S/C27H29ClFNO5/c1-2-35-24-13-22-19(12-18(24)11-17-9-6-10-21(28)25(17)29)26(32)20(27(33)34)14-30(22)23(15-31)16-7-4-3-5-8-16/h6,9-10,12-14,16,23,31H,2-5,7-8,11,15H2,1H3,(H,33,34). The number of hydrogen-bond donors (Lipinski definition) is 2. The van der Waals surface area contributed by atoms with Gasteiger partial charge in [-0.3, -0.25) is 4.79 Å². The summed E-state index contributed by atoms with van der Waals surface area (Å²) in [4.78, 5) is 25.2. The van der Waals surface area contributed by atoms with Crippen molar-refractivity contribution in [3.05, 3.63) is 74.3 Å². The summed E-state index contributed by atoms with van der Waals surface area (Å²) in [6, 6.07) is 7.63. The third-order valence-corrected chi connectivity index (χ3v) is 7.19. The Labute approximate surface area is 207 Å². The Bertz CT molecular complexity index is 1300. The molecule has 0 aliphatic heterocycles. The Balaban J connectivity index is 1.94. The molecule has 4 rings (SSSR count). The predicted octanol–water partition coefficient (Wildman–Crippen LogP) is 5.60. The second kappa shape index (κ2) is 10.8. The van der Waals surface area contributed by atoms with Gasteiger partial charge < -0.3 is 19.5 Å². The number of fused-ring (bicyclic) bond motifs is 1. The molecule has 1 fully saturated rings. The van der Waals surface area contributed by atoms with Crippen LogP contribution in [0.15, 0.2) is 41.3 Å². The highest BCUT2D eigenvalue weighted by molar-refractivity contribution is 6.30. The summed E-state index contributed by atoms with van der Waals surface area (Å²) >= 11 is 5.95. The maximum atomic E-state index is 14.6. The van der Waals surface area contributed by atoms with Crippen LogP contribution in [0.2, 0.25) is 5.02 Å². The largest absolute Gasteiger partial charge is 0.494 e. The zero-order chi connectivity index (χ0) is 25.1. The molecule has 2 N–H and O–H groups in total. The van der Waals surface area contributed by atoms with E-state index in [0.29, 0.717) is 29.0 Å². The minimum atomic E-state index is -1.33. The van der Waals surface area contributed by atoms with Crippen molar-refractivity contribution in [3.8, 4) is 5.75 Å². The quantitative estimate of drug-likeness (QED) is 0.419. The van der Waals surface area contributed by atoms with Gasteiger partial charge in [0.25, 0.3) is 0 Å². The van der Waals surface area contributed by atoms with Crippen molar-refractivity contribution >= 4 is 28.5 Å². The number of carboxylic acids is 1. The maximum absolute atomic E-state index is 14.6. The van der Waals surface area contributed by atoms with E-state index in [2.05, 4.69) is 0 Å². The third-order valence-electron chi connectivity index (χ3n) is 6.90. The molecule has 0 amide bonds. The lowest BCUT2D eigenvalue weighted by Crippen LogP contribution is -2.28. The maximum Gasteiger partial charge on any atom is 0.341 e. The lowest BCUT2D eigenvalue weighted by molar-refractivity contribution is 0.0693. The molecule has 1 unspecified atom stereocenters. The molecule has 2 aromatic carbocycles. The number of ether oxygens (including phenoxy) is 1. The van der Waals surface area contributed by atoms with Crippen LogP contribution in [0.3, 0.4) is 0 Å². The molecule has 6 nitrogen and oxygen atoms in total. The highest BCUT2D eigenvalue weighted by atomic mass is 35.5. The zero-order valence-electron chi connectivity index (χ0n) is 19.6. The van der Waals surface area contributed by atoms with Crippen LogP contribution in [0, 0.1) is 11.7 Å². The number of carbonyl (C=O) groups is 1. The number of aliphatic hydroxyl groups excluding tert-OH is 1. The number of carboxylic acid groups (broad SMARTS) is 1. The summed E-state index contributed by atoms with van der Waals surface area (Å²) in [6.07, 6.45) is 6.53. The third kappa shape index (κ3) is 5.07. The first-order chi connectivity index (χ1) is 16.8. The van der Waals surface area contributed by atoms with E-state index in [0.717, 1.165) is 32.1 Å². The number of aromatic nitrogens is 1. The molecular weight excluding hydrogens is 473 g/mol. The summed E-state index contributed by atoms with van der Waals surface area (Å²) < 4.78 is 22.2. The first kappa shape index (κ1) is 25.2. The number of benzene rings is 2. The lowest BCUT2D eigenvalue weighted by atomic mass is 9.83. The molecule has 3 aromatic rings. The highest BCUT2D eigenvalue weighted by Crippen LogP contribution is 2.36. The summed E-state index contributed by atoms with van der Waals surface area (Å²) in [6.45, 7) is 1.99. The Morgan fingerprint density at radius 1 is 1.23 bits per heavy atom. The molecule has 0 radical (unpaired) electrons. The Hall–Kier alpha value is -2.90. The second-order valence-electron chi connectivity index (χ2n) is 9.03. The Morgan fingerprint density at radius 3 is 2.63 bits per heavy atom. The molecule has 8 heteroatoms. The van der Waals surface area contributed by atoms with E-state index in [9.17, 15) is 24.2 Å². The van der Waals surface area contributed by atoms with Gasteiger partial charge >= 0.3 is 5.97 Å². The van der Waals surface area contributed by atoms with Gasteiger partial charge in [0.05, 0.1) is 29.8 Å². The van der Waals surface area contributed by atoms with Gasteiger partial charge in [-0.15, -0.1) is 0 Å². The van der Waals surface area contributed by atoms with E-state index in [4.69, 9.17) is 16.3 Å². The van der Waals surface area contributed by atoms with Gasteiger partial charge in [0.2, 0.25) is 5.43 Å². The minimum absolute atomic E-state index is 0.00459. The molecule has 1 aliphatic rings. The van der Waals surface area contributed by atoms with Crippen molar-refractivity contribution < 1.29 is 24.1 Å². The van der Waals surface area contributed by atoms with Crippen molar-refractivity contribution in [1.82, 2.24) is 4.57 Å². The molecular formula is C27H29ClFNO5. The van der Waals surface area contributed by atoms with Gasteiger partial charge in [0, 0.05) is 24.1 Å². The zero-order valence-corrected chi connectivity index (χ0v) is 20.4. The van der Waals surface area contributed by atoms with Crippen LogP contribution < -0.4 is 10.2 Å². The number of aliphatic hydroxyl groups is 1. The number of nitrogens with zero attached hydrogens (tertiary/aromatic N) is 1. The average molecular weight is 502 g/mol. The van der Waals surface area contributed by atoms with Crippen LogP contribution in [-0.2, 0) is 6.42 Å². The van der Waals surface area contributed by atoms with E-state index in [1.54, 1.807) is 28.8 Å². The second-order valence-corrected chi connectivity index (χ2v) is 9.44. The van der Waals surface area contributed by atoms with Crippen molar-refractivity contribution in [2.24, 2.45) is 5.92 Å². The van der Waals surface area contributed by atoms with Crippen molar-refractivity contribution in [2.45, 2.75) is 51.5 Å². The molecule has 1 atom stereocenters. The van der Waals surface area contributed by atoms with E-state index in [1.165, 1.54) is 12.3 Å². The van der Waals surface area contributed by atoms with Gasteiger partial charge in [-0.05, 0) is 48.9 Å². The fraction of sp³-hybridized carbons (Fsp3) is 0.407. The van der Waals surface area contributed by atoms with Gasteiger partial charge in [0.1, 0.15) is 17.1 Å². The molecule has 186 valence electrons. The van der Waals surface area contributed by atoms with E-state index < -0.39 is 17.2 Å². The number of hydrogen-bond acceptors (Lipinski definition) is 4. The van der Waals surface area contributed by atoms with Gasteiger partial charge in [-0.2, -0.15) is 0 Å². The van der Waals surface area contributed by atoms with Crippen LogP contribution in [0.1, 0.15) is 66.6 Å². The molecule has 1 saturated carbocycles. The molecule has 1 heterocycles. The molecule has 0 saturated heterocycles. The smallest absolute Gasteiger partial charge is 0.341 e. The number of rotatable bonds is 8. The monoisotopic (exact) mass is 501 g/mol. The molecule has 1 aromatic heterocycles. The summed E-state index contributed by atoms with van der Waals surface area (Å²) in [5, 5.41) is 20.3. The highest BCUT2D eigenvalue weighted by Gasteiger charge is 2.28.